The Hall–Kier alpha value is -3.97. The van der Waals surface area contributed by atoms with E-state index < -0.39 is 29.3 Å². The van der Waals surface area contributed by atoms with E-state index in [-0.39, 0.29) is 28.7 Å². The van der Waals surface area contributed by atoms with Crippen molar-refractivity contribution in [2.75, 3.05) is 0 Å². The van der Waals surface area contributed by atoms with Gasteiger partial charge in [-0.1, -0.05) is 60.1 Å². The molecular weight excluding hydrogens is 480 g/mol. The zero-order valence-electron chi connectivity index (χ0n) is 19.2. The Morgan fingerprint density at radius 2 is 1.50 bits per heavy atom. The summed E-state index contributed by atoms with van der Waals surface area (Å²) < 4.78 is 1.18. The first-order valence-corrected chi connectivity index (χ1v) is 12.1. The molecule has 1 heterocycles. The van der Waals surface area contributed by atoms with Crippen LogP contribution in [0.25, 0.3) is 21.9 Å². The second-order valence-corrected chi connectivity index (χ2v) is 9.60. The standard InChI is InChI=1S/C28H23ClN2O5/c29-20-12-9-17(10-13-20)16-5-7-18(8-6-16)25(32)23-14-11-19(24(23)28(35)36)15-31-27(34)22-4-2-1-3-21(22)26(33)30-31/h1-10,12-13,19,23-24H,11,14-15H2,(H,30,33)(H,35,36)/t19?,23?,24-/m1/s1. The second-order valence-electron chi connectivity index (χ2n) is 9.16. The fourth-order valence-corrected chi connectivity index (χ4v) is 5.37. The number of ketones is 1. The molecule has 0 aliphatic heterocycles. The molecule has 3 aromatic carbocycles. The van der Waals surface area contributed by atoms with Crippen molar-refractivity contribution in [2.45, 2.75) is 19.4 Å². The van der Waals surface area contributed by atoms with Gasteiger partial charge >= 0.3 is 5.97 Å². The number of carbonyl (C=O) groups is 2. The van der Waals surface area contributed by atoms with Crippen LogP contribution in [0, 0.1) is 17.8 Å². The molecule has 2 N–H and O–H groups in total. The molecule has 0 spiro atoms. The van der Waals surface area contributed by atoms with Gasteiger partial charge in [0.1, 0.15) is 0 Å². The van der Waals surface area contributed by atoms with Gasteiger partial charge in [-0.3, -0.25) is 24.3 Å². The Labute approximate surface area is 211 Å². The summed E-state index contributed by atoms with van der Waals surface area (Å²) in [5, 5.41) is 13.8. The number of fused-ring (bicyclic) bond motifs is 1. The van der Waals surface area contributed by atoms with Crippen LogP contribution in [-0.4, -0.2) is 26.6 Å². The van der Waals surface area contributed by atoms with Gasteiger partial charge in [-0.25, -0.2) is 4.68 Å². The van der Waals surface area contributed by atoms with Crippen LogP contribution in [0.3, 0.4) is 0 Å². The van der Waals surface area contributed by atoms with E-state index in [1.807, 2.05) is 24.3 Å². The largest absolute Gasteiger partial charge is 0.481 e. The third kappa shape index (κ3) is 4.38. The molecule has 1 aliphatic carbocycles. The van der Waals surface area contributed by atoms with Crippen molar-refractivity contribution in [3.63, 3.8) is 0 Å². The lowest BCUT2D eigenvalue weighted by atomic mass is 9.84. The minimum Gasteiger partial charge on any atom is -0.481 e. The lowest BCUT2D eigenvalue weighted by molar-refractivity contribution is -0.144. The van der Waals surface area contributed by atoms with Gasteiger partial charge in [-0.2, -0.15) is 0 Å². The van der Waals surface area contributed by atoms with Crippen LogP contribution in [0.15, 0.2) is 82.4 Å². The van der Waals surface area contributed by atoms with E-state index in [9.17, 15) is 24.3 Å². The third-order valence-electron chi connectivity index (χ3n) is 7.06. The highest BCUT2D eigenvalue weighted by molar-refractivity contribution is 6.30. The monoisotopic (exact) mass is 502 g/mol. The molecule has 0 amide bonds. The Morgan fingerprint density at radius 1 is 0.889 bits per heavy atom. The second kappa shape index (κ2) is 9.59. The molecule has 1 aliphatic rings. The molecule has 4 aromatic rings. The number of carbonyl (C=O) groups excluding carboxylic acids is 1. The zero-order valence-corrected chi connectivity index (χ0v) is 19.9. The molecule has 3 atom stereocenters. The minimum absolute atomic E-state index is 0.0230. The molecule has 5 rings (SSSR count). The summed E-state index contributed by atoms with van der Waals surface area (Å²) in [6.45, 7) is 0.0230. The number of aliphatic carboxylic acids is 1. The summed E-state index contributed by atoms with van der Waals surface area (Å²) >= 11 is 5.95. The first-order valence-electron chi connectivity index (χ1n) is 11.7. The molecule has 182 valence electrons. The number of hydrogen-bond donors (Lipinski definition) is 2. The van der Waals surface area contributed by atoms with Crippen molar-refractivity contribution >= 4 is 34.1 Å². The lowest BCUT2D eigenvalue weighted by Gasteiger charge is -2.21. The molecule has 0 radical (unpaired) electrons. The molecular formula is C28H23ClN2O5. The van der Waals surface area contributed by atoms with Crippen LogP contribution in [0.1, 0.15) is 23.2 Å². The minimum atomic E-state index is -1.08. The highest BCUT2D eigenvalue weighted by atomic mass is 35.5. The van der Waals surface area contributed by atoms with Gasteiger partial charge in [0.2, 0.25) is 0 Å². The maximum absolute atomic E-state index is 13.3. The number of H-pyrrole nitrogens is 1. The average Bonchev–Trinajstić information content (AvgIpc) is 3.31. The Kier molecular flexibility index (Phi) is 6.33. The average molecular weight is 503 g/mol. The van der Waals surface area contributed by atoms with Crippen molar-refractivity contribution < 1.29 is 14.7 Å². The number of hydrogen-bond acceptors (Lipinski definition) is 4. The summed E-state index contributed by atoms with van der Waals surface area (Å²) in [6, 6.07) is 21.0. The van der Waals surface area contributed by atoms with E-state index in [0.717, 1.165) is 11.1 Å². The number of benzene rings is 3. The first kappa shape index (κ1) is 23.8. The number of carboxylic acids is 1. The van der Waals surface area contributed by atoms with Gasteiger partial charge in [0.25, 0.3) is 11.1 Å². The van der Waals surface area contributed by atoms with E-state index in [2.05, 4.69) is 5.10 Å². The predicted molar refractivity (Wildman–Crippen MR) is 137 cm³/mol. The summed E-state index contributed by atoms with van der Waals surface area (Å²) in [6.07, 6.45) is 0.851. The van der Waals surface area contributed by atoms with Crippen molar-refractivity contribution in [3.8, 4) is 11.1 Å². The molecule has 0 saturated heterocycles. The summed E-state index contributed by atoms with van der Waals surface area (Å²) in [7, 11) is 0. The normalized spacial score (nSPS) is 19.4. The summed E-state index contributed by atoms with van der Waals surface area (Å²) in [4.78, 5) is 51.0. The van der Waals surface area contributed by atoms with Crippen LogP contribution in [0.4, 0.5) is 0 Å². The fourth-order valence-electron chi connectivity index (χ4n) is 5.25. The number of aromatic amines is 1. The van der Waals surface area contributed by atoms with Gasteiger partial charge in [0.15, 0.2) is 5.78 Å². The Balaban J connectivity index is 1.39. The van der Waals surface area contributed by atoms with Crippen LogP contribution in [0.5, 0.6) is 0 Å². The number of nitrogens with one attached hydrogen (secondary N) is 1. The molecule has 1 saturated carbocycles. The highest BCUT2D eigenvalue weighted by Gasteiger charge is 2.45. The van der Waals surface area contributed by atoms with Gasteiger partial charge < -0.3 is 5.11 Å². The molecule has 2 unspecified atom stereocenters. The van der Waals surface area contributed by atoms with Gasteiger partial charge in [-0.15, -0.1) is 0 Å². The van der Waals surface area contributed by atoms with Crippen LogP contribution in [0.2, 0.25) is 5.02 Å². The maximum Gasteiger partial charge on any atom is 0.307 e. The SMILES string of the molecule is O=C(c1ccc(-c2ccc(Cl)cc2)cc1)C1CCC(Cn2[nH]c(=O)c3ccccc3c2=O)[C@H]1C(=O)O. The van der Waals surface area contributed by atoms with Crippen molar-refractivity contribution in [2.24, 2.45) is 17.8 Å². The number of halogens is 1. The van der Waals surface area contributed by atoms with Crippen molar-refractivity contribution in [1.82, 2.24) is 9.78 Å². The number of Topliss-reactive ketones (excluding diaryl/α,β-unsaturated/α-hetero) is 1. The molecule has 36 heavy (non-hydrogen) atoms. The zero-order chi connectivity index (χ0) is 25.4. The fraction of sp³-hybridized carbons (Fsp3) is 0.214. The predicted octanol–water partition coefficient (Wildman–Crippen LogP) is 4.62. The maximum atomic E-state index is 13.3. The summed E-state index contributed by atoms with van der Waals surface area (Å²) in [5.41, 5.74) is 1.52. The summed E-state index contributed by atoms with van der Waals surface area (Å²) in [5.74, 6) is -3.46. The first-order chi connectivity index (χ1) is 17.3. The third-order valence-corrected chi connectivity index (χ3v) is 7.31. The van der Waals surface area contributed by atoms with Crippen molar-refractivity contribution in [1.29, 1.82) is 0 Å². The number of nitrogens with zero attached hydrogens (tertiary/aromatic N) is 1. The highest BCUT2D eigenvalue weighted by Crippen LogP contribution is 2.40. The molecule has 0 bridgehead atoms. The van der Waals surface area contributed by atoms with E-state index in [1.54, 1.807) is 48.5 Å². The van der Waals surface area contributed by atoms with E-state index in [0.29, 0.717) is 23.4 Å². The van der Waals surface area contributed by atoms with Gasteiger partial charge in [0, 0.05) is 23.0 Å². The van der Waals surface area contributed by atoms with E-state index in [4.69, 9.17) is 11.6 Å². The quantitative estimate of drug-likeness (QED) is 0.374. The molecule has 8 heteroatoms. The van der Waals surface area contributed by atoms with Crippen LogP contribution < -0.4 is 11.1 Å². The van der Waals surface area contributed by atoms with Crippen molar-refractivity contribution in [3.05, 3.63) is 104 Å². The lowest BCUT2D eigenvalue weighted by Crippen LogP contribution is -2.36. The van der Waals surface area contributed by atoms with Crippen LogP contribution in [-0.2, 0) is 11.3 Å². The van der Waals surface area contributed by atoms with E-state index in [1.165, 1.54) is 4.68 Å². The topological polar surface area (TPSA) is 109 Å². The molecule has 1 fully saturated rings. The number of rotatable bonds is 6. The molecule has 1 aromatic heterocycles. The number of carboxylic acid groups (broad SMARTS) is 1. The number of aromatic nitrogens is 2. The smallest absolute Gasteiger partial charge is 0.307 e. The van der Waals surface area contributed by atoms with E-state index >= 15 is 0 Å². The Morgan fingerprint density at radius 3 is 2.14 bits per heavy atom. The van der Waals surface area contributed by atoms with Gasteiger partial charge in [0.05, 0.1) is 16.7 Å². The van der Waals surface area contributed by atoms with Gasteiger partial charge in [-0.05, 0) is 54.2 Å². The van der Waals surface area contributed by atoms with Crippen LogP contribution >= 0.6 is 11.6 Å². The molecule has 7 nitrogen and oxygen atoms in total. The Bertz CT molecular complexity index is 1570.